The van der Waals surface area contributed by atoms with E-state index in [2.05, 4.69) is 12.2 Å². The van der Waals surface area contributed by atoms with E-state index in [9.17, 15) is 14.9 Å². The summed E-state index contributed by atoms with van der Waals surface area (Å²) in [5.74, 6) is 0.338. The largest absolute Gasteiger partial charge is 0.330 e. The summed E-state index contributed by atoms with van der Waals surface area (Å²) in [7, 11) is 0. The first kappa shape index (κ1) is 15.1. The summed E-state index contributed by atoms with van der Waals surface area (Å²) < 4.78 is 0. The lowest BCUT2D eigenvalue weighted by molar-refractivity contribution is -0.384. The van der Waals surface area contributed by atoms with E-state index in [4.69, 9.17) is 5.73 Å². The maximum Gasteiger partial charge on any atom is 0.269 e. The Morgan fingerprint density at radius 2 is 2.00 bits per heavy atom. The molecule has 0 heterocycles. The van der Waals surface area contributed by atoms with Gasteiger partial charge >= 0.3 is 0 Å². The molecule has 0 spiro atoms. The molecular formula is C13H19N3O3. The molecule has 0 fully saturated rings. The Morgan fingerprint density at radius 3 is 2.53 bits per heavy atom. The van der Waals surface area contributed by atoms with Crippen LogP contribution in [0.15, 0.2) is 24.3 Å². The fraction of sp³-hybridized carbons (Fsp3) is 0.462. The smallest absolute Gasteiger partial charge is 0.269 e. The minimum absolute atomic E-state index is 0.00886. The van der Waals surface area contributed by atoms with E-state index in [0.29, 0.717) is 24.6 Å². The van der Waals surface area contributed by atoms with Gasteiger partial charge in [-0.25, -0.2) is 0 Å². The summed E-state index contributed by atoms with van der Waals surface area (Å²) >= 11 is 0. The molecule has 3 N–H and O–H groups in total. The molecular weight excluding hydrogens is 246 g/mol. The van der Waals surface area contributed by atoms with Crippen LogP contribution in [-0.2, 0) is 4.79 Å². The Balaban J connectivity index is 2.42. The number of nitro benzene ring substituents is 1. The molecule has 19 heavy (non-hydrogen) atoms. The lowest BCUT2D eigenvalue weighted by Gasteiger charge is -2.09. The molecule has 1 aromatic rings. The minimum atomic E-state index is -0.472. The third-order valence-electron chi connectivity index (χ3n) is 2.89. The zero-order valence-electron chi connectivity index (χ0n) is 11.0. The first-order valence-electron chi connectivity index (χ1n) is 6.27. The summed E-state index contributed by atoms with van der Waals surface area (Å²) in [5, 5.41) is 13.2. The Labute approximate surface area is 112 Å². The zero-order chi connectivity index (χ0) is 14.3. The van der Waals surface area contributed by atoms with Crippen LogP contribution in [0.5, 0.6) is 0 Å². The maximum atomic E-state index is 11.7. The van der Waals surface area contributed by atoms with E-state index in [0.717, 1.165) is 12.8 Å². The van der Waals surface area contributed by atoms with Crippen LogP contribution in [0, 0.1) is 16.0 Å². The third kappa shape index (κ3) is 5.48. The number of benzene rings is 1. The van der Waals surface area contributed by atoms with Crippen molar-refractivity contribution in [1.29, 1.82) is 0 Å². The SMILES string of the molecule is CC(CCN)CCC(=O)Nc1ccc([N+](=O)[O-])cc1. The van der Waals surface area contributed by atoms with Gasteiger partial charge in [0.2, 0.25) is 5.91 Å². The number of anilines is 1. The van der Waals surface area contributed by atoms with E-state index in [1.807, 2.05) is 0 Å². The first-order valence-corrected chi connectivity index (χ1v) is 6.27. The molecule has 104 valence electrons. The van der Waals surface area contributed by atoms with Crippen molar-refractivity contribution in [3.8, 4) is 0 Å². The van der Waals surface area contributed by atoms with Crippen LogP contribution in [0.3, 0.4) is 0 Å². The molecule has 6 nitrogen and oxygen atoms in total. The molecule has 0 aliphatic rings. The van der Waals surface area contributed by atoms with Gasteiger partial charge in [0.25, 0.3) is 5.69 Å². The van der Waals surface area contributed by atoms with Crippen molar-refractivity contribution >= 4 is 17.3 Å². The first-order chi connectivity index (χ1) is 9.02. The third-order valence-corrected chi connectivity index (χ3v) is 2.89. The second-order valence-corrected chi connectivity index (χ2v) is 4.57. The van der Waals surface area contributed by atoms with Crippen molar-refractivity contribution in [3.63, 3.8) is 0 Å². The van der Waals surface area contributed by atoms with Gasteiger partial charge in [0, 0.05) is 24.2 Å². The molecule has 0 aliphatic carbocycles. The number of nitrogens with two attached hydrogens (primary N) is 1. The molecule has 1 rings (SSSR count). The predicted octanol–water partition coefficient (Wildman–Crippen LogP) is 2.30. The highest BCUT2D eigenvalue weighted by atomic mass is 16.6. The number of non-ortho nitro benzene ring substituents is 1. The number of amides is 1. The van der Waals surface area contributed by atoms with Crippen LogP contribution in [0.2, 0.25) is 0 Å². The minimum Gasteiger partial charge on any atom is -0.330 e. The van der Waals surface area contributed by atoms with Crippen LogP contribution in [0.4, 0.5) is 11.4 Å². The van der Waals surface area contributed by atoms with Crippen molar-refractivity contribution in [2.75, 3.05) is 11.9 Å². The fourth-order valence-electron chi connectivity index (χ4n) is 1.70. The summed E-state index contributed by atoms with van der Waals surface area (Å²) in [5.41, 5.74) is 6.02. The van der Waals surface area contributed by atoms with E-state index in [-0.39, 0.29) is 11.6 Å². The summed E-state index contributed by atoms with van der Waals surface area (Å²) in [6.07, 6.45) is 2.12. The second-order valence-electron chi connectivity index (χ2n) is 4.57. The van der Waals surface area contributed by atoms with Gasteiger partial charge in [-0.3, -0.25) is 14.9 Å². The molecule has 1 atom stereocenters. The highest BCUT2D eigenvalue weighted by Gasteiger charge is 2.08. The van der Waals surface area contributed by atoms with E-state index in [1.54, 1.807) is 0 Å². The van der Waals surface area contributed by atoms with Gasteiger partial charge in [-0.05, 0) is 37.4 Å². The molecule has 0 bridgehead atoms. The lowest BCUT2D eigenvalue weighted by atomic mass is 10.0. The van der Waals surface area contributed by atoms with Crippen molar-refractivity contribution < 1.29 is 9.72 Å². The van der Waals surface area contributed by atoms with Gasteiger partial charge in [0.15, 0.2) is 0 Å². The lowest BCUT2D eigenvalue weighted by Crippen LogP contribution is -2.14. The molecule has 1 amide bonds. The van der Waals surface area contributed by atoms with Gasteiger partial charge < -0.3 is 11.1 Å². The summed E-state index contributed by atoms with van der Waals surface area (Å²) in [4.78, 5) is 21.7. The number of nitrogens with zero attached hydrogens (tertiary/aromatic N) is 1. The van der Waals surface area contributed by atoms with E-state index in [1.165, 1.54) is 24.3 Å². The van der Waals surface area contributed by atoms with Crippen molar-refractivity contribution in [1.82, 2.24) is 0 Å². The number of hydrogen-bond donors (Lipinski definition) is 2. The number of rotatable bonds is 7. The van der Waals surface area contributed by atoms with Crippen LogP contribution in [-0.4, -0.2) is 17.4 Å². The standard InChI is InChI=1S/C13H19N3O3/c1-10(8-9-14)2-7-13(17)15-11-3-5-12(6-4-11)16(18)19/h3-6,10H,2,7-9,14H2,1H3,(H,15,17). The van der Waals surface area contributed by atoms with Crippen LogP contribution in [0.25, 0.3) is 0 Å². The Kier molecular flexibility index (Phi) is 5.95. The van der Waals surface area contributed by atoms with Crippen molar-refractivity contribution in [2.24, 2.45) is 11.7 Å². The number of nitrogens with one attached hydrogen (secondary N) is 1. The number of carbonyl (C=O) groups is 1. The van der Waals surface area contributed by atoms with Gasteiger partial charge in [-0.15, -0.1) is 0 Å². The normalized spacial score (nSPS) is 11.9. The fourth-order valence-corrected chi connectivity index (χ4v) is 1.70. The zero-order valence-corrected chi connectivity index (χ0v) is 11.0. The van der Waals surface area contributed by atoms with Crippen molar-refractivity contribution in [2.45, 2.75) is 26.2 Å². The highest BCUT2D eigenvalue weighted by molar-refractivity contribution is 5.90. The molecule has 0 saturated carbocycles. The Morgan fingerprint density at radius 1 is 1.37 bits per heavy atom. The van der Waals surface area contributed by atoms with Crippen LogP contribution < -0.4 is 11.1 Å². The second kappa shape index (κ2) is 7.48. The molecule has 0 aromatic heterocycles. The van der Waals surface area contributed by atoms with Gasteiger partial charge in [0.05, 0.1) is 4.92 Å². The molecule has 1 aromatic carbocycles. The molecule has 0 saturated heterocycles. The monoisotopic (exact) mass is 265 g/mol. The molecule has 1 unspecified atom stereocenters. The Hall–Kier alpha value is -1.95. The summed E-state index contributed by atoms with van der Waals surface area (Å²) in [6.45, 7) is 2.69. The molecule has 0 aliphatic heterocycles. The number of hydrogen-bond acceptors (Lipinski definition) is 4. The van der Waals surface area contributed by atoms with Crippen LogP contribution >= 0.6 is 0 Å². The summed E-state index contributed by atoms with van der Waals surface area (Å²) in [6, 6.07) is 5.79. The van der Waals surface area contributed by atoms with Crippen LogP contribution in [0.1, 0.15) is 26.2 Å². The maximum absolute atomic E-state index is 11.7. The van der Waals surface area contributed by atoms with Gasteiger partial charge in [-0.1, -0.05) is 6.92 Å². The number of nitro groups is 1. The van der Waals surface area contributed by atoms with Crippen molar-refractivity contribution in [3.05, 3.63) is 34.4 Å². The quantitative estimate of drug-likeness (QED) is 0.583. The predicted molar refractivity (Wildman–Crippen MR) is 73.8 cm³/mol. The van der Waals surface area contributed by atoms with E-state index < -0.39 is 4.92 Å². The average Bonchev–Trinajstić information content (AvgIpc) is 2.37. The average molecular weight is 265 g/mol. The van der Waals surface area contributed by atoms with Gasteiger partial charge in [-0.2, -0.15) is 0 Å². The number of carbonyl (C=O) groups excluding carboxylic acids is 1. The van der Waals surface area contributed by atoms with E-state index >= 15 is 0 Å². The Bertz CT molecular complexity index is 431. The van der Waals surface area contributed by atoms with Gasteiger partial charge in [0.1, 0.15) is 0 Å². The topological polar surface area (TPSA) is 98.3 Å². The highest BCUT2D eigenvalue weighted by Crippen LogP contribution is 2.16. The molecule has 0 radical (unpaired) electrons. The molecule has 6 heteroatoms.